The van der Waals surface area contributed by atoms with E-state index >= 15 is 0 Å². The molecule has 0 spiro atoms. The maximum Gasteiger partial charge on any atom is 0.0476 e. The summed E-state index contributed by atoms with van der Waals surface area (Å²) in [6, 6.07) is 51.8. The molecule has 44 heavy (non-hydrogen) atoms. The van der Waals surface area contributed by atoms with Gasteiger partial charge in [-0.05, 0) is 77.5 Å². The lowest BCUT2D eigenvalue weighted by atomic mass is 10.0. The van der Waals surface area contributed by atoms with E-state index in [2.05, 4.69) is 144 Å². The van der Waals surface area contributed by atoms with E-state index in [1.165, 1.54) is 88.4 Å². The summed E-state index contributed by atoms with van der Waals surface area (Å²) in [4.78, 5) is 2.43. The summed E-state index contributed by atoms with van der Waals surface area (Å²) in [7, 11) is 0. The third kappa shape index (κ3) is 3.69. The highest BCUT2D eigenvalue weighted by Gasteiger charge is 2.17. The molecule has 0 amide bonds. The zero-order valence-electron chi connectivity index (χ0n) is 23.5. The Hall–Kier alpha value is -4.74. The monoisotopic (exact) mass is 613 g/mol. The van der Waals surface area contributed by atoms with Gasteiger partial charge in [0.2, 0.25) is 0 Å². The van der Waals surface area contributed by atoms with Crippen LogP contribution in [0.4, 0.5) is 17.1 Å². The molecule has 7 aromatic carbocycles. The molecule has 10 aromatic rings. The molecule has 0 aliphatic rings. The van der Waals surface area contributed by atoms with Gasteiger partial charge in [-0.1, -0.05) is 72.8 Å². The fourth-order valence-electron chi connectivity index (χ4n) is 6.75. The Bertz CT molecular complexity index is 2630. The average Bonchev–Trinajstić information content (AvgIpc) is 3.74. The summed E-state index contributed by atoms with van der Waals surface area (Å²) < 4.78 is 7.95. The minimum Gasteiger partial charge on any atom is -0.310 e. The molecule has 3 aromatic heterocycles. The standard InChI is InChI=1S/C40H23NS3/c1-4-10-35-29(7-1)32-17-15-27(22-39(32)43-35)41(28-16-18-33-30-8-2-5-11-36(30)44-40(33)23-28)26-14-13-24-20-34-31-9-3-6-12-37(31)42-38(34)21-25(24)19-26/h1-23H. The van der Waals surface area contributed by atoms with Crippen molar-refractivity contribution in [2.24, 2.45) is 0 Å². The molecule has 0 atom stereocenters. The van der Waals surface area contributed by atoms with E-state index in [4.69, 9.17) is 0 Å². The molecule has 0 aliphatic heterocycles. The lowest BCUT2D eigenvalue weighted by Gasteiger charge is -2.26. The number of anilines is 3. The van der Waals surface area contributed by atoms with Crippen molar-refractivity contribution in [3.05, 3.63) is 140 Å². The van der Waals surface area contributed by atoms with E-state index in [1.54, 1.807) is 0 Å². The summed E-state index contributed by atoms with van der Waals surface area (Å²) >= 11 is 5.62. The maximum atomic E-state index is 2.43. The third-order valence-electron chi connectivity index (χ3n) is 8.82. The molecule has 3 heterocycles. The normalized spacial score (nSPS) is 12.1. The number of benzene rings is 7. The molecule has 1 nitrogen and oxygen atoms in total. The van der Waals surface area contributed by atoms with Gasteiger partial charge in [0.15, 0.2) is 0 Å². The molecule has 0 radical (unpaired) electrons. The van der Waals surface area contributed by atoms with Crippen molar-refractivity contribution >= 4 is 122 Å². The van der Waals surface area contributed by atoms with Crippen molar-refractivity contribution < 1.29 is 0 Å². The number of rotatable bonds is 3. The van der Waals surface area contributed by atoms with Crippen LogP contribution in [0.25, 0.3) is 71.3 Å². The molecular weight excluding hydrogens is 591 g/mol. The molecular formula is C40H23NS3. The molecule has 0 unspecified atom stereocenters. The highest BCUT2D eigenvalue weighted by Crippen LogP contribution is 2.44. The predicted molar refractivity (Wildman–Crippen MR) is 197 cm³/mol. The van der Waals surface area contributed by atoms with Gasteiger partial charge in [0, 0.05) is 77.6 Å². The van der Waals surface area contributed by atoms with Crippen molar-refractivity contribution in [3.63, 3.8) is 0 Å². The van der Waals surface area contributed by atoms with E-state index in [0.717, 1.165) is 0 Å². The van der Waals surface area contributed by atoms with E-state index in [1.807, 2.05) is 34.0 Å². The molecule has 0 bridgehead atoms. The Morgan fingerprint density at radius 1 is 0.295 bits per heavy atom. The molecule has 10 rings (SSSR count). The minimum absolute atomic E-state index is 1.17. The smallest absolute Gasteiger partial charge is 0.0476 e. The second kappa shape index (κ2) is 9.38. The highest BCUT2D eigenvalue weighted by atomic mass is 32.1. The number of fused-ring (bicyclic) bond motifs is 10. The summed E-state index contributed by atoms with van der Waals surface area (Å²) in [5, 5.41) is 10.5. The Kier molecular flexibility index (Phi) is 5.26. The zero-order valence-corrected chi connectivity index (χ0v) is 25.9. The van der Waals surface area contributed by atoms with Gasteiger partial charge in [0.25, 0.3) is 0 Å². The Balaban J connectivity index is 1.20. The van der Waals surface area contributed by atoms with Crippen LogP contribution in [-0.2, 0) is 0 Å². The van der Waals surface area contributed by atoms with E-state index in [9.17, 15) is 0 Å². The van der Waals surface area contributed by atoms with Gasteiger partial charge in [-0.3, -0.25) is 0 Å². The van der Waals surface area contributed by atoms with Crippen LogP contribution in [0.3, 0.4) is 0 Å². The quantitative estimate of drug-likeness (QED) is 0.192. The van der Waals surface area contributed by atoms with Crippen LogP contribution in [0.1, 0.15) is 0 Å². The van der Waals surface area contributed by atoms with Gasteiger partial charge >= 0.3 is 0 Å². The van der Waals surface area contributed by atoms with Gasteiger partial charge in [-0.15, -0.1) is 34.0 Å². The fourth-order valence-corrected chi connectivity index (χ4v) is 10.2. The van der Waals surface area contributed by atoms with Gasteiger partial charge < -0.3 is 4.90 Å². The number of hydrogen-bond donors (Lipinski definition) is 0. The topological polar surface area (TPSA) is 3.24 Å². The molecule has 0 saturated heterocycles. The summed E-state index contributed by atoms with van der Waals surface area (Å²) in [6.45, 7) is 0. The Morgan fingerprint density at radius 2 is 0.727 bits per heavy atom. The van der Waals surface area contributed by atoms with Crippen LogP contribution in [0, 0.1) is 0 Å². The Labute approximate surface area is 265 Å². The van der Waals surface area contributed by atoms with E-state index in [-0.39, 0.29) is 0 Å². The van der Waals surface area contributed by atoms with Crippen LogP contribution in [0.5, 0.6) is 0 Å². The van der Waals surface area contributed by atoms with Gasteiger partial charge in [0.05, 0.1) is 0 Å². The first-order chi connectivity index (χ1) is 21.8. The van der Waals surface area contributed by atoms with Crippen LogP contribution in [0.15, 0.2) is 140 Å². The summed E-state index contributed by atoms with van der Waals surface area (Å²) in [6.07, 6.45) is 0. The van der Waals surface area contributed by atoms with Crippen molar-refractivity contribution in [1.82, 2.24) is 0 Å². The number of thiophene rings is 3. The second-order valence-corrected chi connectivity index (χ2v) is 14.6. The van der Waals surface area contributed by atoms with Crippen LogP contribution in [0.2, 0.25) is 0 Å². The van der Waals surface area contributed by atoms with Crippen LogP contribution in [-0.4, -0.2) is 0 Å². The SMILES string of the molecule is c1ccc2c(c1)sc1cc(N(c3ccc4cc5c(cc4c3)sc3ccccc35)c3ccc4c(c3)sc3ccccc34)ccc12. The van der Waals surface area contributed by atoms with Crippen molar-refractivity contribution in [2.45, 2.75) is 0 Å². The van der Waals surface area contributed by atoms with Crippen molar-refractivity contribution in [3.8, 4) is 0 Å². The second-order valence-electron chi connectivity index (χ2n) is 11.4. The molecule has 0 saturated carbocycles. The van der Waals surface area contributed by atoms with Crippen molar-refractivity contribution in [1.29, 1.82) is 0 Å². The van der Waals surface area contributed by atoms with Gasteiger partial charge in [0.1, 0.15) is 0 Å². The fraction of sp³-hybridized carbons (Fsp3) is 0. The highest BCUT2D eigenvalue weighted by molar-refractivity contribution is 7.26. The van der Waals surface area contributed by atoms with Gasteiger partial charge in [-0.2, -0.15) is 0 Å². The van der Waals surface area contributed by atoms with Crippen LogP contribution >= 0.6 is 34.0 Å². The first-order valence-electron chi connectivity index (χ1n) is 14.7. The lowest BCUT2D eigenvalue weighted by molar-refractivity contribution is 1.30. The molecule has 4 heteroatoms. The first-order valence-corrected chi connectivity index (χ1v) is 17.2. The number of hydrogen-bond acceptors (Lipinski definition) is 4. The number of nitrogens with zero attached hydrogens (tertiary/aromatic N) is 1. The van der Waals surface area contributed by atoms with Gasteiger partial charge in [-0.25, -0.2) is 0 Å². The third-order valence-corrected chi connectivity index (χ3v) is 12.2. The predicted octanol–water partition coefficient (Wildman–Crippen LogP) is 13.4. The lowest BCUT2D eigenvalue weighted by Crippen LogP contribution is -2.09. The maximum absolute atomic E-state index is 2.43. The molecule has 206 valence electrons. The molecule has 0 N–H and O–H groups in total. The Morgan fingerprint density at radius 3 is 1.30 bits per heavy atom. The summed E-state index contributed by atoms with van der Waals surface area (Å²) in [5.41, 5.74) is 3.51. The van der Waals surface area contributed by atoms with Crippen LogP contribution < -0.4 is 4.90 Å². The van der Waals surface area contributed by atoms with Crippen molar-refractivity contribution in [2.75, 3.05) is 4.90 Å². The summed E-state index contributed by atoms with van der Waals surface area (Å²) in [5.74, 6) is 0. The molecule has 0 fully saturated rings. The van der Waals surface area contributed by atoms with E-state index in [0.29, 0.717) is 0 Å². The molecule has 0 aliphatic carbocycles. The van der Waals surface area contributed by atoms with E-state index < -0.39 is 0 Å². The zero-order chi connectivity index (χ0) is 28.8. The largest absolute Gasteiger partial charge is 0.310 e. The average molecular weight is 614 g/mol. The minimum atomic E-state index is 1.17. The first kappa shape index (κ1) is 24.7.